The lowest BCUT2D eigenvalue weighted by molar-refractivity contribution is -0.0931. The Morgan fingerprint density at radius 1 is 0.880 bits per heavy atom. The van der Waals surface area contributed by atoms with E-state index >= 15 is 0 Å². The van der Waals surface area contributed by atoms with E-state index in [4.69, 9.17) is 18.9 Å². The van der Waals surface area contributed by atoms with Crippen molar-refractivity contribution >= 4 is 23.0 Å². The second-order valence-electron chi connectivity index (χ2n) is 12.7. The van der Waals surface area contributed by atoms with E-state index in [0.717, 1.165) is 53.9 Å². The Morgan fingerprint density at radius 2 is 1.52 bits per heavy atom. The molecule has 0 bridgehead atoms. The summed E-state index contributed by atoms with van der Waals surface area (Å²) in [5.41, 5.74) is 2.53. The third-order valence-electron chi connectivity index (χ3n) is 9.68. The molecule has 2 fully saturated rings. The van der Waals surface area contributed by atoms with E-state index in [2.05, 4.69) is 25.6 Å². The van der Waals surface area contributed by atoms with Gasteiger partial charge in [-0.2, -0.15) is 0 Å². The maximum absolute atomic E-state index is 12.8. The van der Waals surface area contributed by atoms with Crippen molar-refractivity contribution in [3.8, 4) is 11.5 Å². The molecule has 0 radical (unpaired) electrons. The number of hydrogen-bond acceptors (Lipinski definition) is 9. The van der Waals surface area contributed by atoms with Crippen molar-refractivity contribution in [2.45, 2.75) is 68.6 Å². The first kappa shape index (κ1) is 33.5. The zero-order chi connectivity index (χ0) is 34.5. The third kappa shape index (κ3) is 6.74. The highest BCUT2D eigenvalue weighted by molar-refractivity contribution is 5.96. The standard InChI is InChI=1S/C38H42N6O6/c1-47-29-17-13-26(14-18-29)38(25-9-5-3-6-10-25,27-15-19-30(48-2)20-16-27)49-22-32-31(45)21-33(50-32)44-24-41-34-35(39-23-40-36(34)44)43-37(46)42-28-11-7-4-8-12-28/h3,5-6,9-10,13-20,23-24,28,31-33,45H,4,7-8,11-12,21-22H2,1-2H3,(H2,39,40,42,43,46)/t31-,32+,33+/m0/s1. The molecule has 2 aromatic heterocycles. The first-order chi connectivity index (χ1) is 24.5. The zero-order valence-corrected chi connectivity index (χ0v) is 28.2. The Kier molecular flexibility index (Phi) is 9.92. The van der Waals surface area contributed by atoms with Gasteiger partial charge in [0.15, 0.2) is 17.0 Å². The van der Waals surface area contributed by atoms with Gasteiger partial charge >= 0.3 is 6.03 Å². The molecule has 1 aliphatic carbocycles. The molecule has 1 saturated carbocycles. The van der Waals surface area contributed by atoms with Crippen LogP contribution in [0.1, 0.15) is 61.4 Å². The van der Waals surface area contributed by atoms with Crippen LogP contribution in [0.5, 0.6) is 11.5 Å². The maximum Gasteiger partial charge on any atom is 0.320 e. The van der Waals surface area contributed by atoms with E-state index in [1.54, 1.807) is 25.1 Å². The van der Waals surface area contributed by atoms with Gasteiger partial charge in [-0.15, -0.1) is 0 Å². The number of ether oxygens (including phenoxy) is 4. The van der Waals surface area contributed by atoms with E-state index in [9.17, 15) is 9.90 Å². The van der Waals surface area contributed by atoms with Crippen molar-refractivity contribution in [1.29, 1.82) is 0 Å². The summed E-state index contributed by atoms with van der Waals surface area (Å²) in [6.07, 6.45) is 6.58. The molecule has 0 unspecified atom stereocenters. The lowest BCUT2D eigenvalue weighted by Crippen LogP contribution is -2.39. The molecule has 7 rings (SSSR count). The molecule has 50 heavy (non-hydrogen) atoms. The van der Waals surface area contributed by atoms with E-state index in [0.29, 0.717) is 17.0 Å². The molecule has 1 saturated heterocycles. The second-order valence-corrected chi connectivity index (χ2v) is 12.7. The molecule has 1 aliphatic heterocycles. The van der Waals surface area contributed by atoms with Gasteiger partial charge in [-0.25, -0.2) is 19.7 Å². The fourth-order valence-electron chi connectivity index (χ4n) is 7.05. The number of benzene rings is 3. The van der Waals surface area contributed by atoms with Gasteiger partial charge in [0.05, 0.1) is 33.3 Å². The van der Waals surface area contributed by atoms with Crippen LogP contribution < -0.4 is 20.1 Å². The lowest BCUT2D eigenvalue weighted by Gasteiger charge is -2.37. The second kappa shape index (κ2) is 14.8. The van der Waals surface area contributed by atoms with Crippen LogP contribution in [0.4, 0.5) is 10.6 Å². The Balaban J connectivity index is 1.14. The van der Waals surface area contributed by atoms with Gasteiger partial charge in [0, 0.05) is 12.5 Å². The number of hydrogen-bond donors (Lipinski definition) is 3. The van der Waals surface area contributed by atoms with Gasteiger partial charge < -0.3 is 29.4 Å². The van der Waals surface area contributed by atoms with Crippen molar-refractivity contribution in [3.63, 3.8) is 0 Å². The summed E-state index contributed by atoms with van der Waals surface area (Å²) in [6.45, 7) is 0.0698. The molecule has 3 N–H and O–H groups in total. The average Bonchev–Trinajstić information content (AvgIpc) is 3.77. The molecule has 5 aromatic rings. The number of imidazole rings is 1. The fraction of sp³-hybridized carbons (Fsp3) is 0.368. The minimum absolute atomic E-state index is 0.0698. The quantitative estimate of drug-likeness (QED) is 0.144. The number of fused-ring (bicyclic) bond motifs is 1. The summed E-state index contributed by atoms with van der Waals surface area (Å²) in [7, 11) is 3.27. The number of methoxy groups -OCH3 is 2. The summed E-state index contributed by atoms with van der Waals surface area (Å²) < 4.78 is 26.2. The maximum atomic E-state index is 12.8. The number of aromatic nitrogens is 4. The zero-order valence-electron chi connectivity index (χ0n) is 28.2. The number of nitrogens with zero attached hydrogens (tertiary/aromatic N) is 4. The minimum atomic E-state index is -1.06. The predicted octanol–water partition coefficient (Wildman–Crippen LogP) is 5.95. The monoisotopic (exact) mass is 678 g/mol. The first-order valence-corrected chi connectivity index (χ1v) is 17.1. The molecule has 0 spiro atoms. The van der Waals surface area contributed by atoms with Gasteiger partial charge in [0.25, 0.3) is 0 Å². The van der Waals surface area contributed by atoms with Crippen LogP contribution >= 0.6 is 0 Å². The van der Waals surface area contributed by atoms with Crippen molar-refractivity contribution in [2.75, 3.05) is 26.1 Å². The number of urea groups is 1. The summed E-state index contributed by atoms with van der Waals surface area (Å²) >= 11 is 0. The van der Waals surface area contributed by atoms with Crippen LogP contribution in [0, 0.1) is 0 Å². The Morgan fingerprint density at radius 3 is 2.16 bits per heavy atom. The van der Waals surface area contributed by atoms with Gasteiger partial charge in [0.1, 0.15) is 35.8 Å². The number of anilines is 1. The van der Waals surface area contributed by atoms with Gasteiger partial charge in [-0.3, -0.25) is 9.88 Å². The number of aliphatic hydroxyl groups excluding tert-OH is 1. The molecule has 12 heteroatoms. The van der Waals surface area contributed by atoms with Crippen molar-refractivity contribution in [3.05, 3.63) is 108 Å². The van der Waals surface area contributed by atoms with E-state index < -0.39 is 24.0 Å². The smallest absolute Gasteiger partial charge is 0.320 e. The van der Waals surface area contributed by atoms with Crippen molar-refractivity contribution in [1.82, 2.24) is 24.8 Å². The summed E-state index contributed by atoms with van der Waals surface area (Å²) in [5, 5.41) is 17.2. The Bertz CT molecular complexity index is 1830. The van der Waals surface area contributed by atoms with Gasteiger partial charge in [-0.05, 0) is 53.8 Å². The van der Waals surface area contributed by atoms with Crippen LogP contribution in [0.3, 0.4) is 0 Å². The SMILES string of the molecule is COc1ccc(C(OC[C@H]2O[C@@H](n3cnc4c(NC(=O)NC5CCCCC5)ncnc43)C[C@@H]2O)(c2ccccc2)c2ccc(OC)cc2)cc1. The van der Waals surface area contributed by atoms with Crippen molar-refractivity contribution in [2.24, 2.45) is 0 Å². The highest BCUT2D eigenvalue weighted by atomic mass is 16.6. The number of amides is 2. The van der Waals surface area contributed by atoms with E-state index in [1.165, 1.54) is 12.7 Å². The topological polar surface area (TPSA) is 142 Å². The van der Waals surface area contributed by atoms with E-state index in [-0.39, 0.29) is 25.1 Å². The molecule has 2 aliphatic rings. The van der Waals surface area contributed by atoms with Gasteiger partial charge in [0.2, 0.25) is 0 Å². The highest BCUT2D eigenvalue weighted by Crippen LogP contribution is 2.43. The molecular formula is C38H42N6O6. The predicted molar refractivity (Wildman–Crippen MR) is 187 cm³/mol. The van der Waals surface area contributed by atoms with Crippen LogP contribution in [0.2, 0.25) is 0 Å². The van der Waals surface area contributed by atoms with Crippen LogP contribution in [-0.4, -0.2) is 69.7 Å². The summed E-state index contributed by atoms with van der Waals surface area (Å²) in [5.74, 6) is 1.76. The first-order valence-electron chi connectivity index (χ1n) is 17.1. The van der Waals surface area contributed by atoms with Crippen LogP contribution in [-0.2, 0) is 15.1 Å². The largest absolute Gasteiger partial charge is 0.497 e. The molecule has 3 aromatic carbocycles. The fourth-order valence-corrected chi connectivity index (χ4v) is 7.05. The normalized spacial score (nSPS) is 19.7. The Labute approximate surface area is 290 Å². The molecule has 12 nitrogen and oxygen atoms in total. The summed E-state index contributed by atoms with van der Waals surface area (Å²) in [4.78, 5) is 26.1. The molecule has 3 heterocycles. The minimum Gasteiger partial charge on any atom is -0.497 e. The molecule has 260 valence electrons. The van der Waals surface area contributed by atoms with Gasteiger partial charge in [-0.1, -0.05) is 73.9 Å². The number of carbonyl (C=O) groups is 1. The molecular weight excluding hydrogens is 636 g/mol. The van der Waals surface area contributed by atoms with Crippen molar-refractivity contribution < 1.29 is 28.8 Å². The van der Waals surface area contributed by atoms with Crippen LogP contribution in [0.15, 0.2) is 91.5 Å². The van der Waals surface area contributed by atoms with Crippen LogP contribution in [0.25, 0.3) is 11.2 Å². The average molecular weight is 679 g/mol. The summed E-state index contributed by atoms with van der Waals surface area (Å²) in [6, 6.07) is 25.4. The number of rotatable bonds is 11. The van der Waals surface area contributed by atoms with E-state index in [1.807, 2.05) is 78.9 Å². The highest BCUT2D eigenvalue weighted by Gasteiger charge is 2.42. The third-order valence-corrected chi connectivity index (χ3v) is 9.68. The molecule has 2 amide bonds. The Hall–Kier alpha value is -5.04. The number of carbonyl (C=O) groups excluding carboxylic acids is 1. The lowest BCUT2D eigenvalue weighted by atomic mass is 9.80. The number of aliphatic hydroxyl groups is 1. The number of nitrogens with one attached hydrogen (secondary N) is 2. The molecule has 3 atom stereocenters.